The van der Waals surface area contributed by atoms with Crippen molar-refractivity contribution in [3.63, 3.8) is 0 Å². The monoisotopic (exact) mass is 438 g/mol. The molecular weight excluding hydrogens is 404 g/mol. The summed E-state index contributed by atoms with van der Waals surface area (Å²) in [5, 5.41) is 6.74. The number of guanidine groups is 1. The molecule has 2 heterocycles. The number of aromatic nitrogens is 2. The van der Waals surface area contributed by atoms with Crippen molar-refractivity contribution in [1.29, 1.82) is 0 Å². The molecule has 172 valence electrons. The zero-order valence-electron chi connectivity index (χ0n) is 19.3. The predicted molar refractivity (Wildman–Crippen MR) is 128 cm³/mol. The van der Waals surface area contributed by atoms with Crippen LogP contribution in [0.3, 0.4) is 0 Å². The van der Waals surface area contributed by atoms with Crippen molar-refractivity contribution in [2.24, 2.45) is 4.99 Å². The predicted octanol–water partition coefficient (Wildman–Crippen LogP) is 0.708. The van der Waals surface area contributed by atoms with Crippen LogP contribution in [0.15, 0.2) is 47.7 Å². The van der Waals surface area contributed by atoms with E-state index in [0.29, 0.717) is 5.56 Å². The van der Waals surface area contributed by atoms with E-state index in [9.17, 15) is 4.79 Å². The Hall–Kier alpha value is -3.20. The molecule has 0 bridgehead atoms. The highest BCUT2D eigenvalue weighted by Gasteiger charge is 2.18. The maximum absolute atomic E-state index is 12.1. The van der Waals surface area contributed by atoms with Crippen molar-refractivity contribution in [2.75, 3.05) is 71.9 Å². The Bertz CT molecular complexity index is 879. The Kier molecular flexibility index (Phi) is 8.79. The van der Waals surface area contributed by atoms with Crippen LogP contribution in [0, 0.1) is 0 Å². The molecule has 9 heteroatoms. The van der Waals surface area contributed by atoms with Crippen LogP contribution < -0.4 is 15.5 Å². The number of nitrogens with zero attached hydrogens (tertiary/aromatic N) is 6. The first-order chi connectivity index (χ1) is 15.6. The summed E-state index contributed by atoms with van der Waals surface area (Å²) in [4.78, 5) is 31.4. The van der Waals surface area contributed by atoms with Crippen LogP contribution in [-0.2, 0) is 6.42 Å². The zero-order chi connectivity index (χ0) is 22.8. The molecule has 0 unspecified atom stereocenters. The molecule has 1 aromatic heterocycles. The van der Waals surface area contributed by atoms with Gasteiger partial charge >= 0.3 is 0 Å². The second-order valence-electron chi connectivity index (χ2n) is 7.95. The summed E-state index contributed by atoms with van der Waals surface area (Å²) in [5.74, 6) is 1.63. The summed E-state index contributed by atoms with van der Waals surface area (Å²) in [7, 11) is 5.32. The molecule has 9 nitrogen and oxygen atoms in total. The van der Waals surface area contributed by atoms with Gasteiger partial charge in [0.1, 0.15) is 0 Å². The number of piperazine rings is 1. The number of benzene rings is 1. The maximum Gasteiger partial charge on any atom is 0.253 e. The van der Waals surface area contributed by atoms with Crippen LogP contribution in [0.2, 0.25) is 0 Å². The molecule has 1 aromatic carbocycles. The molecule has 0 saturated carbocycles. The fraction of sp³-hybridized carbons (Fsp3) is 0.478. The lowest BCUT2D eigenvalue weighted by atomic mass is 10.1. The first kappa shape index (κ1) is 23.5. The molecule has 0 radical (unpaired) electrons. The molecule has 1 aliphatic heterocycles. The largest absolute Gasteiger partial charge is 0.356 e. The van der Waals surface area contributed by atoms with Gasteiger partial charge in [-0.3, -0.25) is 14.7 Å². The number of rotatable bonds is 8. The molecule has 1 aliphatic rings. The van der Waals surface area contributed by atoms with Crippen LogP contribution in [0.4, 0.5) is 5.95 Å². The third-order valence-corrected chi connectivity index (χ3v) is 5.44. The highest BCUT2D eigenvalue weighted by molar-refractivity contribution is 5.94. The summed E-state index contributed by atoms with van der Waals surface area (Å²) in [6.45, 7) is 6.39. The number of amides is 1. The first-order valence-corrected chi connectivity index (χ1v) is 11.1. The van der Waals surface area contributed by atoms with E-state index in [1.807, 2.05) is 30.3 Å². The van der Waals surface area contributed by atoms with E-state index in [0.717, 1.165) is 69.7 Å². The summed E-state index contributed by atoms with van der Waals surface area (Å²) in [6, 6.07) is 9.63. The number of hydrogen-bond donors (Lipinski definition) is 2. The van der Waals surface area contributed by atoms with Gasteiger partial charge in [-0.05, 0) is 30.2 Å². The standard InChI is InChI=1S/C23H34N8O/c1-24-22(25-11-8-19-6-4-7-20(18-19)21(32)29(2)3)26-12-13-30-14-16-31(17-15-30)23-27-9-5-10-28-23/h4-7,9-10,18H,8,11-17H2,1-3H3,(H2,24,25,26). The average Bonchev–Trinajstić information content (AvgIpc) is 2.83. The van der Waals surface area contributed by atoms with Crippen molar-refractivity contribution in [3.8, 4) is 0 Å². The maximum atomic E-state index is 12.1. The van der Waals surface area contributed by atoms with Gasteiger partial charge in [-0.15, -0.1) is 0 Å². The normalized spacial score (nSPS) is 14.8. The van der Waals surface area contributed by atoms with Crippen molar-refractivity contribution < 1.29 is 4.79 Å². The molecule has 1 amide bonds. The lowest BCUT2D eigenvalue weighted by Gasteiger charge is -2.34. The quantitative estimate of drug-likeness (QED) is 0.463. The molecule has 32 heavy (non-hydrogen) atoms. The number of carbonyl (C=O) groups is 1. The van der Waals surface area contributed by atoms with Crippen LogP contribution >= 0.6 is 0 Å². The molecule has 0 atom stereocenters. The third-order valence-electron chi connectivity index (χ3n) is 5.44. The Morgan fingerprint density at radius 3 is 2.47 bits per heavy atom. The van der Waals surface area contributed by atoms with Crippen molar-refractivity contribution in [2.45, 2.75) is 6.42 Å². The van der Waals surface area contributed by atoms with Gasteiger partial charge in [-0.25, -0.2) is 9.97 Å². The molecule has 1 saturated heterocycles. The van der Waals surface area contributed by atoms with E-state index in [1.165, 1.54) is 0 Å². The molecule has 3 rings (SSSR count). The Balaban J connectivity index is 1.34. The minimum Gasteiger partial charge on any atom is -0.356 e. The van der Waals surface area contributed by atoms with Crippen LogP contribution in [0.25, 0.3) is 0 Å². The average molecular weight is 439 g/mol. The van der Waals surface area contributed by atoms with Crippen molar-refractivity contribution in [3.05, 3.63) is 53.9 Å². The minimum atomic E-state index is 0.0226. The Labute approximate surface area is 190 Å². The van der Waals surface area contributed by atoms with Crippen molar-refractivity contribution >= 4 is 17.8 Å². The molecular formula is C23H34N8O. The third kappa shape index (κ3) is 6.91. The lowest BCUT2D eigenvalue weighted by molar-refractivity contribution is 0.0827. The second kappa shape index (κ2) is 12.0. The fourth-order valence-corrected chi connectivity index (χ4v) is 3.62. The van der Waals surface area contributed by atoms with Gasteiger partial charge in [0.2, 0.25) is 5.95 Å². The van der Waals surface area contributed by atoms with E-state index in [4.69, 9.17) is 0 Å². The van der Waals surface area contributed by atoms with Gasteiger partial charge in [-0.2, -0.15) is 0 Å². The van der Waals surface area contributed by atoms with Gasteiger partial charge in [0, 0.05) is 84.9 Å². The number of carbonyl (C=O) groups excluding carboxylic acids is 1. The Morgan fingerprint density at radius 1 is 1.06 bits per heavy atom. The number of nitrogens with one attached hydrogen (secondary N) is 2. The summed E-state index contributed by atoms with van der Waals surface area (Å²) in [5.41, 5.74) is 1.84. The van der Waals surface area contributed by atoms with Crippen molar-refractivity contribution in [1.82, 2.24) is 30.4 Å². The Morgan fingerprint density at radius 2 is 1.78 bits per heavy atom. The van der Waals surface area contributed by atoms with Gasteiger partial charge in [0.15, 0.2) is 5.96 Å². The molecule has 2 N–H and O–H groups in total. The van der Waals surface area contributed by atoms with Crippen LogP contribution in [0.5, 0.6) is 0 Å². The van der Waals surface area contributed by atoms with Gasteiger partial charge < -0.3 is 20.4 Å². The smallest absolute Gasteiger partial charge is 0.253 e. The number of aliphatic imine (C=N–C) groups is 1. The first-order valence-electron chi connectivity index (χ1n) is 11.1. The van der Waals surface area contributed by atoms with Crippen LogP contribution in [-0.4, -0.2) is 98.6 Å². The van der Waals surface area contributed by atoms with E-state index in [-0.39, 0.29) is 5.91 Å². The molecule has 0 aliphatic carbocycles. The summed E-state index contributed by atoms with van der Waals surface area (Å²) >= 11 is 0. The number of anilines is 1. The zero-order valence-corrected chi connectivity index (χ0v) is 19.3. The SMILES string of the molecule is CN=C(NCCc1cccc(C(=O)N(C)C)c1)NCCN1CCN(c2ncccn2)CC1. The van der Waals surface area contributed by atoms with E-state index in [2.05, 4.69) is 35.4 Å². The molecule has 0 spiro atoms. The fourth-order valence-electron chi connectivity index (χ4n) is 3.62. The topological polar surface area (TPSA) is 89.0 Å². The van der Waals surface area contributed by atoms with E-state index < -0.39 is 0 Å². The molecule has 2 aromatic rings. The van der Waals surface area contributed by atoms with Gasteiger partial charge in [-0.1, -0.05) is 12.1 Å². The van der Waals surface area contributed by atoms with Crippen LogP contribution in [0.1, 0.15) is 15.9 Å². The summed E-state index contributed by atoms with van der Waals surface area (Å²) < 4.78 is 0. The number of hydrogen-bond acceptors (Lipinski definition) is 6. The highest BCUT2D eigenvalue weighted by Crippen LogP contribution is 2.09. The van der Waals surface area contributed by atoms with E-state index in [1.54, 1.807) is 38.4 Å². The summed E-state index contributed by atoms with van der Waals surface area (Å²) in [6.07, 6.45) is 4.40. The van der Waals surface area contributed by atoms with Gasteiger partial charge in [0.05, 0.1) is 0 Å². The minimum absolute atomic E-state index is 0.0226. The lowest BCUT2D eigenvalue weighted by Crippen LogP contribution is -2.49. The highest BCUT2D eigenvalue weighted by atomic mass is 16.2. The molecule has 1 fully saturated rings. The van der Waals surface area contributed by atoms with E-state index >= 15 is 0 Å². The second-order valence-corrected chi connectivity index (χ2v) is 7.95. The van der Waals surface area contributed by atoms with Gasteiger partial charge in [0.25, 0.3) is 5.91 Å².